The first kappa shape index (κ1) is 13.5. The molecule has 2 rings (SSSR count). The van der Waals surface area contributed by atoms with Crippen molar-refractivity contribution >= 4 is 23.0 Å². The highest BCUT2D eigenvalue weighted by Gasteiger charge is 2.00. The van der Waals surface area contributed by atoms with Crippen LogP contribution in [0.3, 0.4) is 0 Å². The van der Waals surface area contributed by atoms with Gasteiger partial charge < -0.3 is 10.6 Å². The maximum atomic E-state index is 5.26. The SMILES string of the molecule is CCn1cc(CNC(=S)Nc2cccc(C)c2)cn1. The summed E-state index contributed by atoms with van der Waals surface area (Å²) in [5.74, 6) is 0. The standard InChI is InChI=1S/C14H18N4S/c1-3-18-10-12(9-16-18)8-15-14(19)17-13-6-4-5-11(2)7-13/h4-7,9-10H,3,8H2,1-2H3,(H2,15,17,19). The van der Waals surface area contributed by atoms with Crippen molar-refractivity contribution in [3.63, 3.8) is 0 Å². The van der Waals surface area contributed by atoms with Gasteiger partial charge in [-0.3, -0.25) is 4.68 Å². The third kappa shape index (κ3) is 4.06. The largest absolute Gasteiger partial charge is 0.358 e. The summed E-state index contributed by atoms with van der Waals surface area (Å²) in [6.07, 6.45) is 3.87. The number of nitrogens with one attached hydrogen (secondary N) is 2. The Labute approximate surface area is 118 Å². The van der Waals surface area contributed by atoms with E-state index in [1.54, 1.807) is 0 Å². The molecule has 100 valence electrons. The van der Waals surface area contributed by atoms with Crippen molar-refractivity contribution in [1.29, 1.82) is 0 Å². The fourth-order valence-corrected chi connectivity index (χ4v) is 1.94. The van der Waals surface area contributed by atoms with E-state index in [1.165, 1.54) is 5.56 Å². The van der Waals surface area contributed by atoms with Gasteiger partial charge in [0.2, 0.25) is 0 Å². The lowest BCUT2D eigenvalue weighted by molar-refractivity contribution is 0.659. The van der Waals surface area contributed by atoms with Crippen molar-refractivity contribution < 1.29 is 0 Å². The van der Waals surface area contributed by atoms with Crippen LogP contribution in [0.1, 0.15) is 18.1 Å². The summed E-state index contributed by atoms with van der Waals surface area (Å²) in [4.78, 5) is 0. The van der Waals surface area contributed by atoms with E-state index >= 15 is 0 Å². The summed E-state index contributed by atoms with van der Waals surface area (Å²) in [6.45, 7) is 5.68. The predicted molar refractivity (Wildman–Crippen MR) is 82.1 cm³/mol. The van der Waals surface area contributed by atoms with Crippen LogP contribution in [-0.4, -0.2) is 14.9 Å². The Bertz CT molecular complexity index is 562. The number of aryl methyl sites for hydroxylation is 2. The molecule has 1 aromatic heterocycles. The zero-order valence-corrected chi connectivity index (χ0v) is 12.0. The van der Waals surface area contributed by atoms with Gasteiger partial charge in [-0.1, -0.05) is 12.1 Å². The second-order valence-electron chi connectivity index (χ2n) is 4.38. The molecular weight excluding hydrogens is 256 g/mol. The van der Waals surface area contributed by atoms with E-state index in [-0.39, 0.29) is 0 Å². The van der Waals surface area contributed by atoms with Crippen molar-refractivity contribution in [3.8, 4) is 0 Å². The first-order valence-corrected chi connectivity index (χ1v) is 6.71. The molecule has 0 atom stereocenters. The maximum absolute atomic E-state index is 5.26. The van der Waals surface area contributed by atoms with Gasteiger partial charge in [0.15, 0.2) is 5.11 Å². The molecule has 0 aliphatic rings. The van der Waals surface area contributed by atoms with Gasteiger partial charge >= 0.3 is 0 Å². The molecule has 0 saturated heterocycles. The van der Waals surface area contributed by atoms with Crippen molar-refractivity contribution in [1.82, 2.24) is 15.1 Å². The molecule has 4 nitrogen and oxygen atoms in total. The molecule has 0 fully saturated rings. The van der Waals surface area contributed by atoms with Crippen LogP contribution >= 0.6 is 12.2 Å². The average molecular weight is 274 g/mol. The van der Waals surface area contributed by atoms with Gasteiger partial charge in [-0.15, -0.1) is 0 Å². The summed E-state index contributed by atoms with van der Waals surface area (Å²) in [7, 11) is 0. The van der Waals surface area contributed by atoms with Crippen LogP contribution in [-0.2, 0) is 13.1 Å². The highest BCUT2D eigenvalue weighted by atomic mass is 32.1. The second-order valence-corrected chi connectivity index (χ2v) is 4.79. The number of hydrogen-bond acceptors (Lipinski definition) is 2. The van der Waals surface area contributed by atoms with Crippen molar-refractivity contribution in [2.45, 2.75) is 26.9 Å². The summed E-state index contributed by atoms with van der Waals surface area (Å²) >= 11 is 5.26. The number of anilines is 1. The number of rotatable bonds is 4. The van der Waals surface area contributed by atoms with Gasteiger partial charge in [0.25, 0.3) is 0 Å². The Balaban J connectivity index is 1.84. The number of benzene rings is 1. The van der Waals surface area contributed by atoms with Gasteiger partial charge in [0.1, 0.15) is 0 Å². The minimum Gasteiger partial charge on any atom is -0.358 e. The molecule has 0 bridgehead atoms. The molecule has 2 aromatic rings. The minimum absolute atomic E-state index is 0.620. The molecule has 5 heteroatoms. The molecule has 19 heavy (non-hydrogen) atoms. The van der Waals surface area contributed by atoms with Gasteiger partial charge in [-0.2, -0.15) is 5.10 Å². The maximum Gasteiger partial charge on any atom is 0.171 e. The molecule has 2 N–H and O–H groups in total. The molecule has 0 unspecified atom stereocenters. The van der Waals surface area contributed by atoms with Gasteiger partial charge in [-0.25, -0.2) is 0 Å². The van der Waals surface area contributed by atoms with Crippen LogP contribution in [0, 0.1) is 6.92 Å². The number of nitrogens with zero attached hydrogens (tertiary/aromatic N) is 2. The smallest absolute Gasteiger partial charge is 0.171 e. The molecule has 0 saturated carbocycles. The molecule has 0 spiro atoms. The Hall–Kier alpha value is -1.88. The first-order valence-electron chi connectivity index (χ1n) is 6.30. The summed E-state index contributed by atoms with van der Waals surface area (Å²) in [6, 6.07) is 8.12. The molecule has 0 radical (unpaired) electrons. The van der Waals surface area contributed by atoms with Gasteiger partial charge in [0.05, 0.1) is 6.20 Å². The van der Waals surface area contributed by atoms with Gasteiger partial charge in [0, 0.05) is 30.5 Å². The summed E-state index contributed by atoms with van der Waals surface area (Å²) in [5, 5.41) is 11.2. The highest BCUT2D eigenvalue weighted by molar-refractivity contribution is 7.80. The van der Waals surface area contributed by atoms with Crippen LogP contribution in [0.4, 0.5) is 5.69 Å². The van der Waals surface area contributed by atoms with Crippen LogP contribution < -0.4 is 10.6 Å². The fourth-order valence-electron chi connectivity index (χ4n) is 1.75. The number of thiocarbonyl (C=S) groups is 1. The second kappa shape index (κ2) is 6.33. The van der Waals surface area contributed by atoms with E-state index in [4.69, 9.17) is 12.2 Å². The molecule has 1 aromatic carbocycles. The van der Waals surface area contributed by atoms with Gasteiger partial charge in [-0.05, 0) is 43.8 Å². The van der Waals surface area contributed by atoms with E-state index in [0.29, 0.717) is 11.7 Å². The lowest BCUT2D eigenvalue weighted by atomic mass is 10.2. The van der Waals surface area contributed by atoms with E-state index in [0.717, 1.165) is 17.8 Å². The fraction of sp³-hybridized carbons (Fsp3) is 0.286. The van der Waals surface area contributed by atoms with E-state index in [2.05, 4.69) is 41.7 Å². The van der Waals surface area contributed by atoms with Crippen LogP contribution in [0.25, 0.3) is 0 Å². The first-order chi connectivity index (χ1) is 9.17. The Morgan fingerprint density at radius 3 is 2.95 bits per heavy atom. The molecule has 0 aliphatic heterocycles. The van der Waals surface area contributed by atoms with Crippen molar-refractivity contribution in [3.05, 3.63) is 47.8 Å². The molecule has 0 amide bonds. The lowest BCUT2D eigenvalue weighted by Gasteiger charge is -2.10. The van der Waals surface area contributed by atoms with Crippen LogP contribution in [0.15, 0.2) is 36.7 Å². The molecular formula is C14H18N4S. The number of hydrogen-bond donors (Lipinski definition) is 2. The summed E-state index contributed by atoms with van der Waals surface area (Å²) in [5.41, 5.74) is 3.33. The normalized spacial score (nSPS) is 10.2. The molecule has 1 heterocycles. The number of aromatic nitrogens is 2. The zero-order chi connectivity index (χ0) is 13.7. The monoisotopic (exact) mass is 274 g/mol. The lowest BCUT2D eigenvalue weighted by Crippen LogP contribution is -2.27. The zero-order valence-electron chi connectivity index (χ0n) is 11.2. The van der Waals surface area contributed by atoms with Crippen LogP contribution in [0.2, 0.25) is 0 Å². The van der Waals surface area contributed by atoms with E-state index < -0.39 is 0 Å². The third-order valence-corrected chi connectivity index (χ3v) is 2.99. The minimum atomic E-state index is 0.620. The average Bonchev–Trinajstić information content (AvgIpc) is 2.84. The Kier molecular flexibility index (Phi) is 4.52. The quantitative estimate of drug-likeness (QED) is 0.841. The van der Waals surface area contributed by atoms with E-state index in [9.17, 15) is 0 Å². The Morgan fingerprint density at radius 2 is 2.26 bits per heavy atom. The van der Waals surface area contributed by atoms with Crippen molar-refractivity contribution in [2.75, 3.05) is 5.32 Å². The summed E-state index contributed by atoms with van der Waals surface area (Å²) < 4.78 is 1.90. The topological polar surface area (TPSA) is 41.9 Å². The third-order valence-electron chi connectivity index (χ3n) is 2.74. The van der Waals surface area contributed by atoms with E-state index in [1.807, 2.05) is 29.2 Å². The van der Waals surface area contributed by atoms with Crippen LogP contribution in [0.5, 0.6) is 0 Å². The molecule has 0 aliphatic carbocycles. The highest BCUT2D eigenvalue weighted by Crippen LogP contribution is 2.09. The Morgan fingerprint density at radius 1 is 1.42 bits per heavy atom. The predicted octanol–water partition coefficient (Wildman–Crippen LogP) is 2.70. The van der Waals surface area contributed by atoms with Crippen molar-refractivity contribution in [2.24, 2.45) is 0 Å².